The Morgan fingerprint density at radius 3 is 2.35 bits per heavy atom. The number of hydrogen-bond donors (Lipinski definition) is 1. The zero-order valence-corrected chi connectivity index (χ0v) is 11.0. The van der Waals surface area contributed by atoms with E-state index < -0.39 is 0 Å². The normalized spacial score (nSPS) is 10.7. The number of likely N-dealkylation sites (N-methyl/N-ethyl adjacent to an activating group) is 1. The molecule has 0 saturated carbocycles. The molecule has 0 spiro atoms. The van der Waals surface area contributed by atoms with E-state index in [0.717, 1.165) is 29.2 Å². The molecule has 0 aromatic heterocycles. The lowest BCUT2D eigenvalue weighted by Crippen LogP contribution is -2.21. The van der Waals surface area contributed by atoms with Crippen LogP contribution >= 0.6 is 0 Å². The number of aliphatic hydroxyl groups excluding tert-OH is 1. The highest BCUT2D eigenvalue weighted by molar-refractivity contribution is 5.45. The molecule has 0 saturated heterocycles. The molecule has 17 heavy (non-hydrogen) atoms. The summed E-state index contributed by atoms with van der Waals surface area (Å²) in [5.74, 6) is 1.71. The molecule has 4 heteroatoms. The number of aliphatic hydroxyl groups is 1. The maximum Gasteiger partial charge on any atom is 0.123 e. The van der Waals surface area contributed by atoms with Gasteiger partial charge < -0.3 is 14.6 Å². The van der Waals surface area contributed by atoms with Crippen molar-refractivity contribution >= 4 is 0 Å². The fourth-order valence-corrected chi connectivity index (χ4v) is 1.78. The van der Waals surface area contributed by atoms with Crippen molar-refractivity contribution in [2.75, 3.05) is 34.4 Å². The number of nitrogens with zero attached hydrogens (tertiary/aromatic N) is 1. The summed E-state index contributed by atoms with van der Waals surface area (Å²) in [6.45, 7) is 3.50. The van der Waals surface area contributed by atoms with Gasteiger partial charge in [-0.25, -0.2) is 0 Å². The smallest absolute Gasteiger partial charge is 0.123 e. The largest absolute Gasteiger partial charge is 0.496 e. The molecular formula is C13H21NO3. The van der Waals surface area contributed by atoms with Crippen LogP contribution in [0.25, 0.3) is 0 Å². The fourth-order valence-electron chi connectivity index (χ4n) is 1.78. The van der Waals surface area contributed by atoms with Gasteiger partial charge in [0.2, 0.25) is 0 Å². The minimum atomic E-state index is 0.155. The first-order chi connectivity index (χ1) is 8.12. The van der Waals surface area contributed by atoms with Crippen molar-refractivity contribution < 1.29 is 14.6 Å². The SMILES string of the molecule is COc1cc(CN(C)CCO)c(OC)cc1C. The van der Waals surface area contributed by atoms with Crippen molar-refractivity contribution in [3.05, 3.63) is 23.3 Å². The van der Waals surface area contributed by atoms with Gasteiger partial charge in [0.1, 0.15) is 11.5 Å². The van der Waals surface area contributed by atoms with Gasteiger partial charge in [-0.15, -0.1) is 0 Å². The van der Waals surface area contributed by atoms with Crippen molar-refractivity contribution in [1.29, 1.82) is 0 Å². The summed E-state index contributed by atoms with van der Waals surface area (Å²) in [6.07, 6.45) is 0. The minimum Gasteiger partial charge on any atom is -0.496 e. The summed E-state index contributed by atoms with van der Waals surface area (Å²) in [6, 6.07) is 3.96. The summed E-state index contributed by atoms with van der Waals surface area (Å²) in [5.41, 5.74) is 2.11. The number of rotatable bonds is 6. The first kappa shape index (κ1) is 13.8. The van der Waals surface area contributed by atoms with E-state index in [0.29, 0.717) is 6.54 Å². The Bertz CT molecular complexity index is 366. The van der Waals surface area contributed by atoms with Gasteiger partial charge in [0, 0.05) is 18.7 Å². The van der Waals surface area contributed by atoms with Crippen LogP contribution in [0, 0.1) is 6.92 Å². The average Bonchev–Trinajstić information content (AvgIpc) is 2.31. The Hall–Kier alpha value is -1.26. The summed E-state index contributed by atoms with van der Waals surface area (Å²) in [5, 5.41) is 8.89. The zero-order chi connectivity index (χ0) is 12.8. The second-order valence-corrected chi connectivity index (χ2v) is 4.10. The molecule has 0 unspecified atom stereocenters. The monoisotopic (exact) mass is 239 g/mol. The van der Waals surface area contributed by atoms with Crippen LogP contribution in [-0.2, 0) is 6.54 Å². The molecule has 1 aromatic carbocycles. The van der Waals surface area contributed by atoms with Crippen LogP contribution in [0.2, 0.25) is 0 Å². The third-order valence-electron chi connectivity index (χ3n) is 2.72. The van der Waals surface area contributed by atoms with Crippen LogP contribution in [0.15, 0.2) is 12.1 Å². The van der Waals surface area contributed by atoms with Crippen LogP contribution < -0.4 is 9.47 Å². The van der Waals surface area contributed by atoms with Crippen molar-refractivity contribution in [2.45, 2.75) is 13.5 Å². The van der Waals surface area contributed by atoms with E-state index in [9.17, 15) is 0 Å². The molecule has 0 heterocycles. The number of methoxy groups -OCH3 is 2. The van der Waals surface area contributed by atoms with Crippen molar-refractivity contribution in [1.82, 2.24) is 4.90 Å². The maximum atomic E-state index is 8.89. The maximum absolute atomic E-state index is 8.89. The Morgan fingerprint density at radius 1 is 1.18 bits per heavy atom. The number of aryl methyl sites for hydroxylation is 1. The van der Waals surface area contributed by atoms with Gasteiger partial charge >= 0.3 is 0 Å². The second-order valence-electron chi connectivity index (χ2n) is 4.10. The molecule has 0 radical (unpaired) electrons. The van der Waals surface area contributed by atoms with E-state index >= 15 is 0 Å². The van der Waals surface area contributed by atoms with Crippen LogP contribution in [0.4, 0.5) is 0 Å². The highest BCUT2D eigenvalue weighted by atomic mass is 16.5. The molecule has 0 amide bonds. The zero-order valence-electron chi connectivity index (χ0n) is 11.0. The molecule has 0 aliphatic carbocycles. The average molecular weight is 239 g/mol. The number of benzene rings is 1. The van der Waals surface area contributed by atoms with Gasteiger partial charge in [-0.05, 0) is 31.7 Å². The topological polar surface area (TPSA) is 41.9 Å². The van der Waals surface area contributed by atoms with Crippen LogP contribution in [0.5, 0.6) is 11.5 Å². The summed E-state index contributed by atoms with van der Waals surface area (Å²) < 4.78 is 10.7. The quantitative estimate of drug-likeness (QED) is 0.815. The number of hydrogen-bond acceptors (Lipinski definition) is 4. The lowest BCUT2D eigenvalue weighted by Gasteiger charge is -2.18. The minimum absolute atomic E-state index is 0.155. The Kier molecular flexibility index (Phi) is 5.25. The van der Waals surface area contributed by atoms with Crippen LogP contribution in [0.3, 0.4) is 0 Å². The van der Waals surface area contributed by atoms with E-state index in [1.165, 1.54) is 0 Å². The molecule has 96 valence electrons. The Balaban J connectivity index is 2.95. The van der Waals surface area contributed by atoms with Gasteiger partial charge in [0.15, 0.2) is 0 Å². The van der Waals surface area contributed by atoms with E-state index in [1.54, 1.807) is 14.2 Å². The molecular weight excluding hydrogens is 218 g/mol. The molecule has 1 N–H and O–H groups in total. The lowest BCUT2D eigenvalue weighted by molar-refractivity contribution is 0.215. The van der Waals surface area contributed by atoms with Crippen LogP contribution in [-0.4, -0.2) is 44.4 Å². The van der Waals surface area contributed by atoms with Gasteiger partial charge in [-0.2, -0.15) is 0 Å². The van der Waals surface area contributed by atoms with Crippen molar-refractivity contribution in [3.8, 4) is 11.5 Å². The van der Waals surface area contributed by atoms with Gasteiger partial charge in [-0.1, -0.05) is 0 Å². The van der Waals surface area contributed by atoms with Gasteiger partial charge in [0.25, 0.3) is 0 Å². The van der Waals surface area contributed by atoms with Gasteiger partial charge in [0.05, 0.1) is 20.8 Å². The Labute approximate surface area is 103 Å². The molecule has 0 aliphatic rings. The molecule has 0 aliphatic heterocycles. The fraction of sp³-hybridized carbons (Fsp3) is 0.538. The molecule has 4 nitrogen and oxygen atoms in total. The van der Waals surface area contributed by atoms with E-state index in [4.69, 9.17) is 14.6 Å². The predicted octanol–water partition coefficient (Wildman–Crippen LogP) is 1.44. The highest BCUT2D eigenvalue weighted by Crippen LogP contribution is 2.28. The first-order valence-electron chi connectivity index (χ1n) is 5.63. The Morgan fingerprint density at radius 2 is 1.82 bits per heavy atom. The standard InChI is InChI=1S/C13H21NO3/c1-10-7-13(17-4)11(8-12(10)16-3)9-14(2)5-6-15/h7-8,15H,5-6,9H2,1-4H3. The summed E-state index contributed by atoms with van der Waals surface area (Å²) in [4.78, 5) is 2.03. The molecule has 1 aromatic rings. The van der Waals surface area contributed by atoms with Crippen molar-refractivity contribution in [3.63, 3.8) is 0 Å². The molecule has 0 bridgehead atoms. The van der Waals surface area contributed by atoms with Gasteiger partial charge in [-0.3, -0.25) is 4.90 Å². The first-order valence-corrected chi connectivity index (χ1v) is 5.63. The van der Waals surface area contributed by atoms with E-state index in [-0.39, 0.29) is 6.61 Å². The molecule has 0 atom stereocenters. The van der Waals surface area contributed by atoms with Crippen molar-refractivity contribution in [2.24, 2.45) is 0 Å². The molecule has 1 rings (SSSR count). The van der Waals surface area contributed by atoms with E-state index in [1.807, 2.05) is 31.0 Å². The summed E-state index contributed by atoms with van der Waals surface area (Å²) >= 11 is 0. The van der Waals surface area contributed by atoms with Crippen LogP contribution in [0.1, 0.15) is 11.1 Å². The predicted molar refractivity (Wildman–Crippen MR) is 67.7 cm³/mol. The lowest BCUT2D eigenvalue weighted by atomic mass is 10.1. The highest BCUT2D eigenvalue weighted by Gasteiger charge is 2.10. The molecule has 0 fully saturated rings. The second kappa shape index (κ2) is 6.47. The number of ether oxygens (including phenoxy) is 2. The third kappa shape index (κ3) is 3.61. The summed E-state index contributed by atoms with van der Waals surface area (Å²) in [7, 11) is 5.29. The van der Waals surface area contributed by atoms with E-state index in [2.05, 4.69) is 0 Å². The third-order valence-corrected chi connectivity index (χ3v) is 2.72.